The van der Waals surface area contributed by atoms with E-state index in [2.05, 4.69) is 19.3 Å². The molecular weight excluding hydrogens is 216 g/mol. The Kier molecular flexibility index (Phi) is 4.93. The molecule has 4 nitrogen and oxygen atoms in total. The fourth-order valence-electron chi connectivity index (χ4n) is 1.47. The van der Waals surface area contributed by atoms with Gasteiger partial charge in [0.15, 0.2) is 0 Å². The SMILES string of the molecule is CC(C)COc1ccc(C(C)(O)CNN)cc1. The summed E-state index contributed by atoms with van der Waals surface area (Å²) in [5.74, 6) is 6.55. The van der Waals surface area contributed by atoms with Crippen LogP contribution in [0.5, 0.6) is 5.75 Å². The van der Waals surface area contributed by atoms with Gasteiger partial charge in [0.1, 0.15) is 11.4 Å². The molecule has 17 heavy (non-hydrogen) atoms. The number of ether oxygens (including phenoxy) is 1. The van der Waals surface area contributed by atoms with Gasteiger partial charge in [-0.2, -0.15) is 0 Å². The van der Waals surface area contributed by atoms with Gasteiger partial charge in [0, 0.05) is 6.54 Å². The Morgan fingerprint density at radius 2 is 1.94 bits per heavy atom. The zero-order chi connectivity index (χ0) is 12.9. The number of hydrazine groups is 1. The maximum Gasteiger partial charge on any atom is 0.119 e. The van der Waals surface area contributed by atoms with Crippen LogP contribution in [0.1, 0.15) is 26.3 Å². The fourth-order valence-corrected chi connectivity index (χ4v) is 1.47. The molecule has 4 heteroatoms. The van der Waals surface area contributed by atoms with Gasteiger partial charge >= 0.3 is 0 Å². The fraction of sp³-hybridized carbons (Fsp3) is 0.538. The molecule has 0 aliphatic heterocycles. The Balaban J connectivity index is 2.67. The Labute approximate surface area is 103 Å². The van der Waals surface area contributed by atoms with Gasteiger partial charge in [-0.05, 0) is 30.5 Å². The van der Waals surface area contributed by atoms with Crippen molar-refractivity contribution in [2.45, 2.75) is 26.4 Å². The lowest BCUT2D eigenvalue weighted by atomic mass is 9.96. The third-order valence-electron chi connectivity index (χ3n) is 2.51. The highest BCUT2D eigenvalue weighted by Crippen LogP contribution is 2.22. The minimum absolute atomic E-state index is 0.305. The summed E-state index contributed by atoms with van der Waals surface area (Å²) in [4.78, 5) is 0. The van der Waals surface area contributed by atoms with Crippen LogP contribution in [0, 0.1) is 5.92 Å². The molecule has 96 valence electrons. The van der Waals surface area contributed by atoms with E-state index in [9.17, 15) is 5.11 Å². The summed E-state index contributed by atoms with van der Waals surface area (Å²) in [6.45, 7) is 6.92. The molecule has 0 amide bonds. The largest absolute Gasteiger partial charge is 0.493 e. The first-order valence-corrected chi connectivity index (χ1v) is 5.85. The molecule has 0 aliphatic rings. The molecule has 1 aromatic rings. The molecule has 1 rings (SSSR count). The van der Waals surface area contributed by atoms with E-state index in [-0.39, 0.29) is 0 Å². The first-order chi connectivity index (χ1) is 7.95. The van der Waals surface area contributed by atoms with E-state index in [0.717, 1.165) is 11.3 Å². The van der Waals surface area contributed by atoms with Gasteiger partial charge in [-0.3, -0.25) is 11.3 Å². The Morgan fingerprint density at radius 3 is 2.41 bits per heavy atom. The molecule has 0 saturated carbocycles. The van der Waals surface area contributed by atoms with Crippen LogP contribution < -0.4 is 16.0 Å². The summed E-state index contributed by atoms with van der Waals surface area (Å²) in [6.07, 6.45) is 0. The summed E-state index contributed by atoms with van der Waals surface area (Å²) in [7, 11) is 0. The van der Waals surface area contributed by atoms with Gasteiger partial charge in [-0.15, -0.1) is 0 Å². The predicted octanol–water partition coefficient (Wildman–Crippen LogP) is 1.39. The summed E-state index contributed by atoms with van der Waals surface area (Å²) < 4.78 is 5.57. The van der Waals surface area contributed by atoms with Crippen LogP contribution in [0.3, 0.4) is 0 Å². The van der Waals surface area contributed by atoms with E-state index in [1.807, 2.05) is 24.3 Å². The van der Waals surface area contributed by atoms with Crippen molar-refractivity contribution in [2.75, 3.05) is 13.2 Å². The highest BCUT2D eigenvalue weighted by atomic mass is 16.5. The molecule has 4 N–H and O–H groups in total. The number of rotatable bonds is 6. The molecule has 0 bridgehead atoms. The van der Waals surface area contributed by atoms with Crippen molar-refractivity contribution in [1.82, 2.24) is 5.43 Å². The van der Waals surface area contributed by atoms with Crippen LogP contribution >= 0.6 is 0 Å². The molecule has 0 heterocycles. The van der Waals surface area contributed by atoms with Crippen molar-refractivity contribution in [3.05, 3.63) is 29.8 Å². The topological polar surface area (TPSA) is 67.5 Å². The molecule has 0 saturated heterocycles. The summed E-state index contributed by atoms with van der Waals surface area (Å²) in [5, 5.41) is 10.1. The first-order valence-electron chi connectivity index (χ1n) is 5.85. The van der Waals surface area contributed by atoms with Crippen LogP contribution in [0.15, 0.2) is 24.3 Å². The molecule has 0 aliphatic carbocycles. The highest BCUT2D eigenvalue weighted by Gasteiger charge is 2.21. The molecular formula is C13H22N2O2. The average Bonchev–Trinajstić information content (AvgIpc) is 2.27. The van der Waals surface area contributed by atoms with E-state index >= 15 is 0 Å². The van der Waals surface area contributed by atoms with Gasteiger partial charge in [0.05, 0.1) is 6.61 Å². The molecule has 1 atom stereocenters. The van der Waals surface area contributed by atoms with Crippen LogP contribution in [0.4, 0.5) is 0 Å². The Morgan fingerprint density at radius 1 is 1.35 bits per heavy atom. The monoisotopic (exact) mass is 238 g/mol. The molecule has 1 unspecified atom stereocenters. The minimum Gasteiger partial charge on any atom is -0.493 e. The van der Waals surface area contributed by atoms with Crippen LogP contribution in [-0.2, 0) is 5.60 Å². The van der Waals surface area contributed by atoms with Crippen molar-refractivity contribution < 1.29 is 9.84 Å². The second-order valence-corrected chi connectivity index (χ2v) is 4.88. The van der Waals surface area contributed by atoms with E-state index in [1.165, 1.54) is 0 Å². The third-order valence-corrected chi connectivity index (χ3v) is 2.51. The second-order valence-electron chi connectivity index (χ2n) is 4.88. The standard InChI is InChI=1S/C13H22N2O2/c1-10(2)8-17-12-6-4-11(5-7-12)13(3,16)9-15-14/h4-7,10,15-16H,8-9,14H2,1-3H3. The van der Waals surface area contributed by atoms with E-state index in [1.54, 1.807) is 6.92 Å². The van der Waals surface area contributed by atoms with Crippen molar-refractivity contribution in [2.24, 2.45) is 11.8 Å². The summed E-state index contributed by atoms with van der Waals surface area (Å²) in [6, 6.07) is 7.44. The van der Waals surface area contributed by atoms with Gasteiger partial charge in [-0.25, -0.2) is 0 Å². The van der Waals surface area contributed by atoms with E-state index in [4.69, 9.17) is 10.6 Å². The van der Waals surface area contributed by atoms with Crippen molar-refractivity contribution in [3.8, 4) is 5.75 Å². The molecule has 0 aromatic heterocycles. The van der Waals surface area contributed by atoms with Crippen LogP contribution in [0.2, 0.25) is 0 Å². The third kappa shape index (κ3) is 4.34. The lowest BCUT2D eigenvalue weighted by Gasteiger charge is -2.23. The predicted molar refractivity (Wildman–Crippen MR) is 68.5 cm³/mol. The zero-order valence-corrected chi connectivity index (χ0v) is 10.7. The number of aliphatic hydroxyl groups is 1. The number of nitrogens with two attached hydrogens (primary N) is 1. The second kappa shape index (κ2) is 6.00. The smallest absolute Gasteiger partial charge is 0.119 e. The lowest BCUT2D eigenvalue weighted by molar-refractivity contribution is 0.0572. The van der Waals surface area contributed by atoms with Crippen molar-refractivity contribution in [3.63, 3.8) is 0 Å². The molecule has 1 aromatic carbocycles. The number of hydrogen-bond acceptors (Lipinski definition) is 4. The maximum absolute atomic E-state index is 10.1. The highest BCUT2D eigenvalue weighted by molar-refractivity contribution is 5.30. The minimum atomic E-state index is -0.967. The van der Waals surface area contributed by atoms with Crippen LogP contribution in [0.25, 0.3) is 0 Å². The molecule has 0 spiro atoms. The summed E-state index contributed by atoms with van der Waals surface area (Å²) in [5.41, 5.74) is 2.33. The molecule has 0 radical (unpaired) electrons. The zero-order valence-electron chi connectivity index (χ0n) is 10.7. The van der Waals surface area contributed by atoms with Gasteiger partial charge in [-0.1, -0.05) is 26.0 Å². The van der Waals surface area contributed by atoms with Gasteiger partial charge in [0.25, 0.3) is 0 Å². The van der Waals surface area contributed by atoms with E-state index < -0.39 is 5.60 Å². The average molecular weight is 238 g/mol. The van der Waals surface area contributed by atoms with Crippen molar-refractivity contribution in [1.29, 1.82) is 0 Å². The van der Waals surface area contributed by atoms with Crippen molar-refractivity contribution >= 4 is 0 Å². The summed E-state index contributed by atoms with van der Waals surface area (Å²) >= 11 is 0. The van der Waals surface area contributed by atoms with Crippen LogP contribution in [-0.4, -0.2) is 18.3 Å². The van der Waals surface area contributed by atoms with Gasteiger partial charge in [0.2, 0.25) is 0 Å². The van der Waals surface area contributed by atoms with E-state index in [0.29, 0.717) is 19.1 Å². The number of hydrogen-bond donors (Lipinski definition) is 3. The number of nitrogens with one attached hydrogen (secondary N) is 1. The quantitative estimate of drug-likeness (QED) is 0.517. The number of benzene rings is 1. The Hall–Kier alpha value is -1.10. The molecule has 0 fully saturated rings. The normalized spacial score (nSPS) is 14.7. The first kappa shape index (κ1) is 14.0. The maximum atomic E-state index is 10.1. The van der Waals surface area contributed by atoms with Gasteiger partial charge < -0.3 is 9.84 Å². The Bertz CT molecular complexity index is 334. The lowest BCUT2D eigenvalue weighted by Crippen LogP contribution is -2.38.